The van der Waals surface area contributed by atoms with E-state index in [1.54, 1.807) is 40.6 Å². The van der Waals surface area contributed by atoms with Crippen molar-refractivity contribution in [2.24, 2.45) is 0 Å². The molecule has 3 aromatic rings. The van der Waals surface area contributed by atoms with Gasteiger partial charge in [0.25, 0.3) is 0 Å². The van der Waals surface area contributed by atoms with E-state index in [1.807, 2.05) is 39.0 Å². The van der Waals surface area contributed by atoms with Gasteiger partial charge in [-0.05, 0) is 45.0 Å². The highest BCUT2D eigenvalue weighted by atomic mass is 16.5. The molecule has 8 nitrogen and oxygen atoms in total. The fourth-order valence-electron chi connectivity index (χ4n) is 3.35. The first-order valence-electron chi connectivity index (χ1n) is 10.1. The van der Waals surface area contributed by atoms with Crippen LogP contribution >= 0.6 is 0 Å². The number of nitrogens with one attached hydrogen (secondary N) is 2. The van der Waals surface area contributed by atoms with Gasteiger partial charge < -0.3 is 29.2 Å². The number of ether oxygens (including phenoxy) is 4. The summed E-state index contributed by atoms with van der Waals surface area (Å²) in [5.41, 5.74) is 2.66. The minimum absolute atomic E-state index is 0.181. The lowest BCUT2D eigenvalue weighted by Gasteiger charge is -2.19. The fourth-order valence-corrected chi connectivity index (χ4v) is 3.35. The zero-order valence-electron chi connectivity index (χ0n) is 19.5. The molecular formula is C24H29N3O5. The summed E-state index contributed by atoms with van der Waals surface area (Å²) in [5.74, 6) is 2.59. The van der Waals surface area contributed by atoms with Gasteiger partial charge in [0.05, 0.1) is 45.0 Å². The molecule has 1 aromatic heterocycles. The Hall–Kier alpha value is -3.68. The van der Waals surface area contributed by atoms with Gasteiger partial charge in [-0.2, -0.15) is 0 Å². The Morgan fingerprint density at radius 2 is 1.66 bits per heavy atom. The van der Waals surface area contributed by atoms with Gasteiger partial charge in [0.2, 0.25) is 11.7 Å². The predicted octanol–water partition coefficient (Wildman–Crippen LogP) is 4.19. The fraction of sp³-hybridized carbons (Fsp3) is 0.333. The molecule has 0 aliphatic carbocycles. The molecule has 8 heteroatoms. The SMILES string of the molecule is COc1cc2nc(-c3ccc(OC)c(OC)c3OC)[nH]c2cc1/C=C/C(=O)NC(C)(C)C. The van der Waals surface area contributed by atoms with Crippen LogP contribution in [0.3, 0.4) is 0 Å². The summed E-state index contributed by atoms with van der Waals surface area (Å²) in [7, 11) is 6.28. The van der Waals surface area contributed by atoms with Gasteiger partial charge in [-0.25, -0.2) is 4.98 Å². The van der Waals surface area contributed by atoms with Crippen molar-refractivity contribution in [3.63, 3.8) is 0 Å². The lowest BCUT2D eigenvalue weighted by atomic mass is 10.1. The van der Waals surface area contributed by atoms with E-state index >= 15 is 0 Å². The monoisotopic (exact) mass is 439 g/mol. The van der Waals surface area contributed by atoms with Gasteiger partial charge in [0.1, 0.15) is 11.6 Å². The number of hydrogen-bond acceptors (Lipinski definition) is 6. The standard InChI is InChI=1S/C24H29N3O5/c1-24(2,3)27-20(28)11-8-14-12-16-17(13-19(14)30-5)26-23(25-16)15-9-10-18(29-4)22(32-7)21(15)31-6/h8-13H,1-7H3,(H,25,26)(H,27,28)/b11-8+. The summed E-state index contributed by atoms with van der Waals surface area (Å²) in [4.78, 5) is 20.2. The van der Waals surface area contributed by atoms with E-state index in [0.29, 0.717) is 34.3 Å². The molecule has 3 rings (SSSR count). The average Bonchev–Trinajstić information content (AvgIpc) is 3.17. The molecule has 0 fully saturated rings. The van der Waals surface area contributed by atoms with Crippen LogP contribution in [0.1, 0.15) is 26.3 Å². The summed E-state index contributed by atoms with van der Waals surface area (Å²) >= 11 is 0. The first kappa shape index (κ1) is 23.0. The molecule has 0 atom stereocenters. The van der Waals surface area contributed by atoms with Crippen LogP contribution in [0.15, 0.2) is 30.3 Å². The molecule has 1 heterocycles. The third kappa shape index (κ3) is 4.80. The number of benzene rings is 2. The molecule has 170 valence electrons. The maximum atomic E-state index is 12.2. The second-order valence-electron chi connectivity index (χ2n) is 8.15. The summed E-state index contributed by atoms with van der Waals surface area (Å²) < 4.78 is 21.9. The van der Waals surface area contributed by atoms with Gasteiger partial charge in [0, 0.05) is 23.2 Å². The number of amides is 1. The van der Waals surface area contributed by atoms with Gasteiger partial charge in [-0.1, -0.05) is 0 Å². The van der Waals surface area contributed by atoms with E-state index in [0.717, 1.165) is 16.6 Å². The highest BCUT2D eigenvalue weighted by molar-refractivity contribution is 5.94. The largest absolute Gasteiger partial charge is 0.496 e. The molecule has 0 saturated carbocycles. The van der Waals surface area contributed by atoms with Crippen LogP contribution in [0, 0.1) is 0 Å². The predicted molar refractivity (Wildman–Crippen MR) is 125 cm³/mol. The number of aromatic nitrogens is 2. The van der Waals surface area contributed by atoms with Gasteiger partial charge in [0.15, 0.2) is 11.5 Å². The molecule has 0 aliphatic heterocycles. The Kier molecular flexibility index (Phi) is 6.62. The second-order valence-corrected chi connectivity index (χ2v) is 8.15. The molecule has 0 aliphatic rings. The number of imidazole rings is 1. The molecular weight excluding hydrogens is 410 g/mol. The maximum Gasteiger partial charge on any atom is 0.244 e. The lowest BCUT2D eigenvalue weighted by Crippen LogP contribution is -2.39. The quantitative estimate of drug-likeness (QED) is 0.536. The van der Waals surface area contributed by atoms with Crippen molar-refractivity contribution >= 4 is 23.0 Å². The normalized spacial score (nSPS) is 11.6. The number of methoxy groups -OCH3 is 4. The van der Waals surface area contributed by atoms with E-state index in [1.165, 1.54) is 6.08 Å². The molecule has 1 amide bonds. The van der Waals surface area contributed by atoms with Crippen molar-refractivity contribution in [1.29, 1.82) is 0 Å². The van der Waals surface area contributed by atoms with Crippen LogP contribution in [0.5, 0.6) is 23.0 Å². The van der Waals surface area contributed by atoms with E-state index in [-0.39, 0.29) is 11.4 Å². The minimum Gasteiger partial charge on any atom is -0.496 e. The zero-order valence-corrected chi connectivity index (χ0v) is 19.5. The molecule has 0 unspecified atom stereocenters. The smallest absolute Gasteiger partial charge is 0.244 e. The topological polar surface area (TPSA) is 94.7 Å². The first-order valence-corrected chi connectivity index (χ1v) is 10.1. The van der Waals surface area contributed by atoms with E-state index in [2.05, 4.69) is 10.3 Å². The maximum absolute atomic E-state index is 12.2. The lowest BCUT2D eigenvalue weighted by molar-refractivity contribution is -0.117. The van der Waals surface area contributed by atoms with Gasteiger partial charge in [-0.3, -0.25) is 4.79 Å². The molecule has 0 spiro atoms. The summed E-state index contributed by atoms with van der Waals surface area (Å²) in [6.45, 7) is 5.79. The molecule has 0 radical (unpaired) electrons. The van der Waals surface area contributed by atoms with Gasteiger partial charge in [-0.15, -0.1) is 0 Å². The number of aromatic amines is 1. The number of hydrogen-bond donors (Lipinski definition) is 2. The second kappa shape index (κ2) is 9.21. The molecule has 2 aromatic carbocycles. The average molecular weight is 440 g/mol. The number of carbonyl (C=O) groups is 1. The number of H-pyrrole nitrogens is 1. The van der Waals surface area contributed by atoms with Crippen molar-refractivity contribution in [1.82, 2.24) is 15.3 Å². The van der Waals surface area contributed by atoms with E-state index in [9.17, 15) is 4.79 Å². The Morgan fingerprint density at radius 3 is 2.25 bits per heavy atom. The van der Waals surface area contributed by atoms with Crippen LogP contribution in [-0.2, 0) is 4.79 Å². The number of nitrogens with zero attached hydrogens (tertiary/aromatic N) is 1. The highest BCUT2D eigenvalue weighted by Crippen LogP contribution is 2.44. The Bertz CT molecular complexity index is 1160. The highest BCUT2D eigenvalue weighted by Gasteiger charge is 2.20. The molecule has 0 bridgehead atoms. The van der Waals surface area contributed by atoms with Crippen molar-refractivity contribution in [2.45, 2.75) is 26.3 Å². The van der Waals surface area contributed by atoms with Crippen molar-refractivity contribution in [3.8, 4) is 34.4 Å². The van der Waals surface area contributed by atoms with Crippen LogP contribution in [0.4, 0.5) is 0 Å². The molecule has 0 saturated heterocycles. The third-order valence-corrected chi connectivity index (χ3v) is 4.71. The Morgan fingerprint density at radius 1 is 0.969 bits per heavy atom. The van der Waals surface area contributed by atoms with E-state index in [4.69, 9.17) is 23.9 Å². The zero-order chi connectivity index (χ0) is 23.5. The van der Waals surface area contributed by atoms with Crippen LogP contribution < -0.4 is 24.3 Å². The minimum atomic E-state index is -0.313. The number of fused-ring (bicyclic) bond motifs is 1. The van der Waals surface area contributed by atoms with Crippen molar-refractivity contribution in [3.05, 3.63) is 35.9 Å². The summed E-state index contributed by atoms with van der Waals surface area (Å²) in [6, 6.07) is 7.36. The molecule has 2 N–H and O–H groups in total. The number of rotatable bonds is 7. The van der Waals surface area contributed by atoms with Crippen LogP contribution in [-0.4, -0.2) is 49.9 Å². The summed E-state index contributed by atoms with van der Waals surface area (Å²) in [5, 5.41) is 2.90. The molecule has 32 heavy (non-hydrogen) atoms. The number of carbonyl (C=O) groups excluding carboxylic acids is 1. The van der Waals surface area contributed by atoms with Crippen LogP contribution in [0.25, 0.3) is 28.5 Å². The van der Waals surface area contributed by atoms with Gasteiger partial charge >= 0.3 is 0 Å². The Labute approximate surface area is 187 Å². The third-order valence-electron chi connectivity index (χ3n) is 4.71. The Balaban J connectivity index is 2.04. The van der Waals surface area contributed by atoms with Crippen molar-refractivity contribution < 1.29 is 23.7 Å². The van der Waals surface area contributed by atoms with E-state index < -0.39 is 0 Å². The first-order chi connectivity index (χ1) is 15.2. The summed E-state index contributed by atoms with van der Waals surface area (Å²) in [6.07, 6.45) is 3.21. The van der Waals surface area contributed by atoms with Crippen molar-refractivity contribution in [2.75, 3.05) is 28.4 Å². The van der Waals surface area contributed by atoms with Crippen LogP contribution in [0.2, 0.25) is 0 Å².